The highest BCUT2D eigenvalue weighted by Gasteiger charge is 2.22. The number of methoxy groups -OCH3 is 2. The zero-order valence-electron chi connectivity index (χ0n) is 14.9. The first-order valence-corrected chi connectivity index (χ1v) is 8.29. The SMILES string of the molecule is COc1cc(NC(=O)/C=C/c2cc3c(cc2[N+](=O)[O-])OCO3)c(OC)cc1Cl. The van der Waals surface area contributed by atoms with Crippen molar-refractivity contribution in [3.05, 3.63) is 51.0 Å². The average molecular weight is 407 g/mol. The molecule has 146 valence electrons. The van der Waals surface area contributed by atoms with Gasteiger partial charge < -0.3 is 24.3 Å². The number of halogens is 1. The molecule has 1 amide bonds. The van der Waals surface area contributed by atoms with Crippen LogP contribution in [-0.2, 0) is 4.79 Å². The van der Waals surface area contributed by atoms with E-state index in [1.165, 1.54) is 44.6 Å². The Bertz CT molecular complexity index is 975. The number of carbonyl (C=O) groups is 1. The molecule has 1 N–H and O–H groups in total. The molecule has 0 atom stereocenters. The number of amides is 1. The second-order valence-corrected chi connectivity index (χ2v) is 5.94. The Hall–Kier alpha value is -3.46. The van der Waals surface area contributed by atoms with Crippen molar-refractivity contribution in [1.29, 1.82) is 0 Å². The van der Waals surface area contributed by atoms with Crippen molar-refractivity contribution < 1.29 is 28.7 Å². The van der Waals surface area contributed by atoms with Crippen LogP contribution < -0.4 is 24.3 Å². The molecule has 28 heavy (non-hydrogen) atoms. The first-order chi connectivity index (χ1) is 13.4. The molecule has 1 aliphatic rings. The van der Waals surface area contributed by atoms with Crippen LogP contribution in [0.2, 0.25) is 5.02 Å². The highest BCUT2D eigenvalue weighted by molar-refractivity contribution is 6.32. The number of nitrogens with zero attached hydrogens (tertiary/aromatic N) is 1. The fourth-order valence-electron chi connectivity index (χ4n) is 2.54. The number of nitrogens with one attached hydrogen (secondary N) is 1. The Morgan fingerprint density at radius 1 is 1.18 bits per heavy atom. The van der Waals surface area contributed by atoms with Crippen molar-refractivity contribution in [2.45, 2.75) is 0 Å². The van der Waals surface area contributed by atoms with Gasteiger partial charge in [-0.25, -0.2) is 0 Å². The molecule has 9 nitrogen and oxygen atoms in total. The van der Waals surface area contributed by atoms with E-state index in [2.05, 4.69) is 5.32 Å². The van der Waals surface area contributed by atoms with Crippen molar-refractivity contribution in [3.8, 4) is 23.0 Å². The van der Waals surface area contributed by atoms with Crippen molar-refractivity contribution in [1.82, 2.24) is 0 Å². The van der Waals surface area contributed by atoms with Gasteiger partial charge in [0.05, 0.1) is 41.5 Å². The van der Waals surface area contributed by atoms with Gasteiger partial charge in [0.25, 0.3) is 5.69 Å². The van der Waals surface area contributed by atoms with Gasteiger partial charge >= 0.3 is 0 Å². The largest absolute Gasteiger partial charge is 0.495 e. The molecular weight excluding hydrogens is 392 g/mol. The zero-order valence-corrected chi connectivity index (χ0v) is 15.6. The molecule has 2 aromatic rings. The van der Waals surface area contributed by atoms with Crippen LogP contribution in [-0.4, -0.2) is 31.8 Å². The fourth-order valence-corrected chi connectivity index (χ4v) is 2.77. The molecule has 0 fully saturated rings. The maximum Gasteiger partial charge on any atom is 0.280 e. The third-order valence-corrected chi connectivity index (χ3v) is 4.16. The summed E-state index contributed by atoms with van der Waals surface area (Å²) in [5, 5.41) is 14.2. The molecule has 0 saturated heterocycles. The minimum absolute atomic E-state index is 0.0155. The summed E-state index contributed by atoms with van der Waals surface area (Å²) in [4.78, 5) is 23.0. The van der Waals surface area contributed by atoms with E-state index in [9.17, 15) is 14.9 Å². The van der Waals surface area contributed by atoms with Crippen LogP contribution in [0.15, 0.2) is 30.3 Å². The lowest BCUT2D eigenvalue weighted by molar-refractivity contribution is -0.385. The number of anilines is 1. The van der Waals surface area contributed by atoms with E-state index in [4.69, 9.17) is 30.5 Å². The van der Waals surface area contributed by atoms with Crippen molar-refractivity contribution in [2.24, 2.45) is 0 Å². The Balaban J connectivity index is 1.84. The molecular formula is C18H15ClN2O7. The lowest BCUT2D eigenvalue weighted by atomic mass is 10.1. The van der Waals surface area contributed by atoms with E-state index >= 15 is 0 Å². The molecule has 0 aliphatic carbocycles. The number of rotatable bonds is 6. The lowest BCUT2D eigenvalue weighted by Crippen LogP contribution is -2.09. The fraction of sp³-hybridized carbons (Fsp3) is 0.167. The standard InChI is InChI=1S/C18H15ClN2O7/c1-25-14-7-12(15(26-2)6-11(14)19)20-18(22)4-3-10-5-16-17(28-9-27-16)8-13(10)21(23)24/h3-8H,9H2,1-2H3,(H,20,22)/b4-3+. The van der Waals surface area contributed by atoms with Crippen LogP contribution in [0.1, 0.15) is 5.56 Å². The summed E-state index contributed by atoms with van der Waals surface area (Å²) in [5.74, 6) is 0.811. The molecule has 0 unspecified atom stereocenters. The minimum Gasteiger partial charge on any atom is -0.495 e. The zero-order chi connectivity index (χ0) is 20.3. The van der Waals surface area contributed by atoms with E-state index in [-0.39, 0.29) is 23.8 Å². The van der Waals surface area contributed by atoms with E-state index in [1.807, 2.05) is 0 Å². The first kappa shape index (κ1) is 19.3. The molecule has 10 heteroatoms. The first-order valence-electron chi connectivity index (χ1n) is 7.91. The third-order valence-electron chi connectivity index (χ3n) is 3.86. The summed E-state index contributed by atoms with van der Waals surface area (Å²) in [5.41, 5.74) is 0.322. The van der Waals surface area contributed by atoms with Crippen LogP contribution >= 0.6 is 11.6 Å². The highest BCUT2D eigenvalue weighted by Crippen LogP contribution is 2.39. The topological polar surface area (TPSA) is 109 Å². The van der Waals surface area contributed by atoms with Gasteiger partial charge in [0.15, 0.2) is 11.5 Å². The number of nitro benzene ring substituents is 1. The maximum atomic E-state index is 12.3. The molecule has 0 bridgehead atoms. The number of hydrogen-bond acceptors (Lipinski definition) is 7. The monoisotopic (exact) mass is 406 g/mol. The number of benzene rings is 2. The normalized spacial score (nSPS) is 12.1. The van der Waals surface area contributed by atoms with Gasteiger partial charge in [-0.1, -0.05) is 11.6 Å². The molecule has 0 saturated carbocycles. The molecule has 2 aromatic carbocycles. The number of hydrogen-bond donors (Lipinski definition) is 1. The van der Waals surface area contributed by atoms with Crippen molar-refractivity contribution in [3.63, 3.8) is 0 Å². The molecule has 0 aromatic heterocycles. The van der Waals surface area contributed by atoms with E-state index in [0.717, 1.165) is 6.08 Å². The van der Waals surface area contributed by atoms with Crippen LogP contribution in [0.4, 0.5) is 11.4 Å². The van der Waals surface area contributed by atoms with Gasteiger partial charge in [-0.05, 0) is 12.1 Å². The predicted octanol–water partition coefficient (Wildman–Crippen LogP) is 3.65. The van der Waals surface area contributed by atoms with Crippen LogP contribution in [0, 0.1) is 10.1 Å². The Labute approximate surface area is 164 Å². The van der Waals surface area contributed by atoms with Gasteiger partial charge in [0.1, 0.15) is 11.5 Å². The van der Waals surface area contributed by atoms with E-state index in [0.29, 0.717) is 28.0 Å². The number of fused-ring (bicyclic) bond motifs is 1. The number of nitro groups is 1. The number of ether oxygens (including phenoxy) is 4. The van der Waals surface area contributed by atoms with Crippen molar-refractivity contribution >= 4 is 35.0 Å². The lowest BCUT2D eigenvalue weighted by Gasteiger charge is -2.12. The Kier molecular flexibility index (Phi) is 5.55. The van der Waals surface area contributed by atoms with Gasteiger partial charge in [-0.3, -0.25) is 14.9 Å². The molecule has 1 aliphatic heterocycles. The quantitative estimate of drug-likeness (QED) is 0.443. The van der Waals surface area contributed by atoms with Gasteiger partial charge in [-0.2, -0.15) is 0 Å². The highest BCUT2D eigenvalue weighted by atomic mass is 35.5. The smallest absolute Gasteiger partial charge is 0.280 e. The second kappa shape index (κ2) is 8.05. The van der Waals surface area contributed by atoms with Gasteiger partial charge in [0.2, 0.25) is 12.7 Å². The van der Waals surface area contributed by atoms with E-state index in [1.54, 1.807) is 0 Å². The van der Waals surface area contributed by atoms with Crippen LogP contribution in [0.25, 0.3) is 6.08 Å². The summed E-state index contributed by atoms with van der Waals surface area (Å²) in [6, 6.07) is 5.71. The van der Waals surface area contributed by atoms with Gasteiger partial charge in [0, 0.05) is 18.2 Å². The van der Waals surface area contributed by atoms with Crippen LogP contribution in [0.5, 0.6) is 23.0 Å². The van der Waals surface area contributed by atoms with E-state index < -0.39 is 10.8 Å². The summed E-state index contributed by atoms with van der Waals surface area (Å²) in [7, 11) is 2.87. The van der Waals surface area contributed by atoms with Crippen molar-refractivity contribution in [2.75, 3.05) is 26.3 Å². The van der Waals surface area contributed by atoms with Crippen LogP contribution in [0.3, 0.4) is 0 Å². The summed E-state index contributed by atoms with van der Waals surface area (Å²) >= 11 is 6.03. The maximum absolute atomic E-state index is 12.3. The predicted molar refractivity (Wildman–Crippen MR) is 101 cm³/mol. The third kappa shape index (κ3) is 3.94. The average Bonchev–Trinajstić information content (AvgIpc) is 3.13. The molecule has 1 heterocycles. The summed E-state index contributed by atoms with van der Waals surface area (Å²) in [6.45, 7) is -0.0155. The molecule has 3 rings (SSSR count). The Morgan fingerprint density at radius 3 is 2.50 bits per heavy atom. The van der Waals surface area contributed by atoms with Gasteiger partial charge in [-0.15, -0.1) is 0 Å². The Morgan fingerprint density at radius 2 is 1.86 bits per heavy atom. The molecule has 0 radical (unpaired) electrons. The second-order valence-electron chi connectivity index (χ2n) is 5.53. The number of carbonyl (C=O) groups excluding carboxylic acids is 1. The molecule has 0 spiro atoms. The summed E-state index contributed by atoms with van der Waals surface area (Å²) in [6.07, 6.45) is 2.47. The minimum atomic E-state index is -0.563. The summed E-state index contributed by atoms with van der Waals surface area (Å²) < 4.78 is 20.7.